The molecule has 0 aromatic heterocycles. The number of carboxylic acids is 1. The normalized spacial score (nSPS) is 18.4. The molecule has 0 radical (unpaired) electrons. The first-order valence-corrected chi connectivity index (χ1v) is 4.24. The Hall–Kier alpha value is -0.570. The van der Waals surface area contributed by atoms with E-state index < -0.39 is 5.97 Å². The zero-order valence-electron chi connectivity index (χ0n) is 7.26. The molecule has 3 nitrogen and oxygen atoms in total. The minimum Gasteiger partial charge on any atom is -0.481 e. The average molecular weight is 159 g/mol. The Morgan fingerprint density at radius 2 is 1.82 bits per heavy atom. The highest BCUT2D eigenvalue weighted by molar-refractivity contribution is 5.70. The van der Waals surface area contributed by atoms with Crippen LogP contribution in [0.5, 0.6) is 0 Å². The van der Waals surface area contributed by atoms with Crippen LogP contribution in [0.3, 0.4) is 0 Å². The van der Waals surface area contributed by atoms with Gasteiger partial charge in [-0.2, -0.15) is 0 Å². The van der Waals surface area contributed by atoms with Gasteiger partial charge in [0.25, 0.3) is 0 Å². The summed E-state index contributed by atoms with van der Waals surface area (Å²) in [5.41, 5.74) is 0. The molecule has 0 atom stereocenters. The summed E-state index contributed by atoms with van der Waals surface area (Å²) in [6.45, 7) is 5.72. The first kappa shape index (κ1) is 10.4. The van der Waals surface area contributed by atoms with Crippen molar-refractivity contribution in [2.45, 2.75) is 26.7 Å². The molecular weight excluding hydrogens is 142 g/mol. The molecule has 0 saturated carbocycles. The number of hydrogen-bond acceptors (Lipinski definition) is 2. The maximum Gasteiger partial charge on any atom is 0.306 e. The predicted octanol–water partition coefficient (Wildman–Crippen LogP) is 1.10. The summed E-state index contributed by atoms with van der Waals surface area (Å²) in [6, 6.07) is 0. The summed E-state index contributed by atoms with van der Waals surface area (Å²) >= 11 is 0. The molecule has 11 heavy (non-hydrogen) atoms. The van der Waals surface area contributed by atoms with Crippen molar-refractivity contribution in [3.05, 3.63) is 0 Å². The maximum absolute atomic E-state index is 10.3. The van der Waals surface area contributed by atoms with Gasteiger partial charge >= 0.3 is 5.97 Å². The van der Waals surface area contributed by atoms with Crippen molar-refractivity contribution >= 4 is 5.97 Å². The van der Waals surface area contributed by atoms with Gasteiger partial charge < -0.3 is 10.4 Å². The van der Waals surface area contributed by atoms with E-state index in [9.17, 15) is 4.79 Å². The Morgan fingerprint density at radius 1 is 1.36 bits per heavy atom. The van der Waals surface area contributed by atoms with Gasteiger partial charge in [0.05, 0.1) is 5.92 Å². The average Bonchev–Trinajstić information content (AvgIpc) is 2.10. The van der Waals surface area contributed by atoms with Gasteiger partial charge in [-0.3, -0.25) is 4.79 Å². The summed E-state index contributed by atoms with van der Waals surface area (Å²) in [5.74, 6) is -0.734. The second-order valence-corrected chi connectivity index (χ2v) is 2.36. The largest absolute Gasteiger partial charge is 0.481 e. The molecule has 1 aliphatic heterocycles. The molecule has 0 unspecified atom stereocenters. The molecule has 66 valence electrons. The Bertz CT molecular complexity index is 109. The fourth-order valence-corrected chi connectivity index (χ4v) is 1.07. The fourth-order valence-electron chi connectivity index (χ4n) is 1.07. The molecule has 0 aliphatic carbocycles. The molecule has 1 saturated heterocycles. The monoisotopic (exact) mass is 159 g/mol. The summed E-state index contributed by atoms with van der Waals surface area (Å²) < 4.78 is 0. The van der Waals surface area contributed by atoms with E-state index >= 15 is 0 Å². The lowest BCUT2D eigenvalue weighted by molar-refractivity contribution is -0.142. The van der Waals surface area contributed by atoms with Crippen LogP contribution in [-0.2, 0) is 4.79 Å². The van der Waals surface area contributed by atoms with Gasteiger partial charge in [-0.25, -0.2) is 0 Å². The second kappa shape index (κ2) is 6.16. The van der Waals surface area contributed by atoms with Gasteiger partial charge in [0.1, 0.15) is 0 Å². The van der Waals surface area contributed by atoms with E-state index in [0.717, 1.165) is 25.9 Å². The number of hydrogen-bond donors (Lipinski definition) is 2. The van der Waals surface area contributed by atoms with Crippen molar-refractivity contribution in [3.63, 3.8) is 0 Å². The van der Waals surface area contributed by atoms with Crippen molar-refractivity contribution < 1.29 is 9.90 Å². The number of carbonyl (C=O) groups is 1. The van der Waals surface area contributed by atoms with E-state index in [2.05, 4.69) is 5.32 Å². The molecule has 1 aliphatic rings. The number of carboxylic acid groups (broad SMARTS) is 1. The zero-order chi connectivity index (χ0) is 8.69. The van der Waals surface area contributed by atoms with Crippen LogP contribution in [0, 0.1) is 5.92 Å². The molecule has 0 aromatic rings. The van der Waals surface area contributed by atoms with Crippen molar-refractivity contribution in [1.82, 2.24) is 5.32 Å². The number of rotatable bonds is 1. The number of aliphatic carboxylic acids is 1. The first-order chi connectivity index (χ1) is 5.30. The van der Waals surface area contributed by atoms with Crippen molar-refractivity contribution in [3.8, 4) is 0 Å². The van der Waals surface area contributed by atoms with Gasteiger partial charge in [0, 0.05) is 0 Å². The highest BCUT2D eigenvalue weighted by Gasteiger charge is 2.18. The fraction of sp³-hybridized carbons (Fsp3) is 0.875. The zero-order valence-corrected chi connectivity index (χ0v) is 7.26. The standard InChI is InChI=1S/C6H11NO2.C2H6/c8-6(9)5-1-3-7-4-2-5;1-2/h5,7H,1-4H2,(H,8,9);1-2H3. The summed E-state index contributed by atoms with van der Waals surface area (Å²) in [7, 11) is 0. The van der Waals surface area contributed by atoms with Crippen LogP contribution >= 0.6 is 0 Å². The summed E-state index contributed by atoms with van der Waals surface area (Å²) in [6.07, 6.45) is 1.57. The molecule has 0 aromatic carbocycles. The molecule has 0 amide bonds. The molecule has 0 spiro atoms. The Balaban J connectivity index is 0.000000461. The predicted molar refractivity (Wildman–Crippen MR) is 44.6 cm³/mol. The van der Waals surface area contributed by atoms with Gasteiger partial charge in [-0.15, -0.1) is 0 Å². The topological polar surface area (TPSA) is 49.3 Å². The van der Waals surface area contributed by atoms with E-state index in [-0.39, 0.29) is 5.92 Å². The molecule has 1 rings (SSSR count). The van der Waals surface area contributed by atoms with Crippen molar-refractivity contribution in [2.75, 3.05) is 13.1 Å². The highest BCUT2D eigenvalue weighted by atomic mass is 16.4. The van der Waals surface area contributed by atoms with E-state index in [4.69, 9.17) is 5.11 Å². The van der Waals surface area contributed by atoms with E-state index in [1.54, 1.807) is 0 Å². The lowest BCUT2D eigenvalue weighted by atomic mass is 9.99. The summed E-state index contributed by atoms with van der Waals surface area (Å²) in [5, 5.41) is 11.6. The van der Waals surface area contributed by atoms with Crippen molar-refractivity contribution in [1.29, 1.82) is 0 Å². The molecule has 3 heteroatoms. The van der Waals surface area contributed by atoms with Crippen LogP contribution in [0.25, 0.3) is 0 Å². The van der Waals surface area contributed by atoms with Crippen molar-refractivity contribution in [2.24, 2.45) is 5.92 Å². The molecular formula is C8H17NO2. The van der Waals surface area contributed by atoms with Crippen LogP contribution in [0.1, 0.15) is 26.7 Å². The molecule has 2 N–H and O–H groups in total. The Morgan fingerprint density at radius 3 is 2.09 bits per heavy atom. The smallest absolute Gasteiger partial charge is 0.306 e. The first-order valence-electron chi connectivity index (χ1n) is 4.24. The van der Waals surface area contributed by atoms with E-state index in [1.165, 1.54) is 0 Å². The summed E-state index contributed by atoms with van der Waals surface area (Å²) in [4.78, 5) is 10.3. The van der Waals surface area contributed by atoms with Gasteiger partial charge in [0.15, 0.2) is 0 Å². The van der Waals surface area contributed by atoms with Crippen LogP contribution < -0.4 is 5.32 Å². The Kier molecular flexibility index (Phi) is 5.84. The minimum atomic E-state index is -0.642. The second-order valence-electron chi connectivity index (χ2n) is 2.36. The third-order valence-corrected chi connectivity index (χ3v) is 1.69. The van der Waals surface area contributed by atoms with Crippen LogP contribution in [-0.4, -0.2) is 24.2 Å². The minimum absolute atomic E-state index is 0.0914. The molecule has 1 heterocycles. The van der Waals surface area contributed by atoms with E-state index in [0.29, 0.717) is 0 Å². The number of piperidine rings is 1. The third-order valence-electron chi connectivity index (χ3n) is 1.69. The lowest BCUT2D eigenvalue weighted by Gasteiger charge is -2.17. The maximum atomic E-state index is 10.3. The SMILES string of the molecule is CC.O=C(O)C1CCNCC1. The van der Waals surface area contributed by atoms with Crippen LogP contribution in [0.15, 0.2) is 0 Å². The van der Waals surface area contributed by atoms with Gasteiger partial charge in [0.2, 0.25) is 0 Å². The quantitative estimate of drug-likeness (QED) is 0.602. The van der Waals surface area contributed by atoms with Gasteiger partial charge in [-0.05, 0) is 25.9 Å². The van der Waals surface area contributed by atoms with Gasteiger partial charge in [-0.1, -0.05) is 13.8 Å². The highest BCUT2D eigenvalue weighted by Crippen LogP contribution is 2.10. The third kappa shape index (κ3) is 3.98. The molecule has 0 bridgehead atoms. The van der Waals surface area contributed by atoms with Crippen LogP contribution in [0.4, 0.5) is 0 Å². The lowest BCUT2D eigenvalue weighted by Crippen LogP contribution is -2.31. The number of nitrogens with one attached hydrogen (secondary N) is 1. The molecule has 1 fully saturated rings. The Labute approximate surface area is 67.8 Å². The van der Waals surface area contributed by atoms with E-state index in [1.807, 2.05) is 13.8 Å². The van der Waals surface area contributed by atoms with Crippen LogP contribution in [0.2, 0.25) is 0 Å².